The highest BCUT2D eigenvalue weighted by Crippen LogP contribution is 2.40. The molecule has 3 heterocycles. The second kappa shape index (κ2) is 8.01. The number of ether oxygens (including phenoxy) is 2. The maximum atomic E-state index is 13.0. The van der Waals surface area contributed by atoms with Gasteiger partial charge in [0.15, 0.2) is 5.70 Å². The number of nitro benzene ring substituents is 1. The van der Waals surface area contributed by atoms with Gasteiger partial charge in [-0.05, 0) is 17.7 Å². The summed E-state index contributed by atoms with van der Waals surface area (Å²) in [4.78, 5) is 39.0. The summed E-state index contributed by atoms with van der Waals surface area (Å²) in [6.07, 6.45) is 0. The number of hydrogen-bond donors (Lipinski definition) is 1. The molecule has 3 aliphatic rings. The number of hydrogen-bond acceptors (Lipinski definition) is 9. The number of nitro groups is 1. The van der Waals surface area contributed by atoms with E-state index < -0.39 is 16.9 Å². The van der Waals surface area contributed by atoms with Crippen LogP contribution in [0.1, 0.15) is 5.56 Å². The maximum Gasteiger partial charge on any atom is 0.357 e. The van der Waals surface area contributed by atoms with Gasteiger partial charge >= 0.3 is 5.97 Å². The number of amides is 1. The Morgan fingerprint density at radius 2 is 2.00 bits per heavy atom. The van der Waals surface area contributed by atoms with Gasteiger partial charge in [0, 0.05) is 31.0 Å². The summed E-state index contributed by atoms with van der Waals surface area (Å²) in [5, 5.41) is 10.5. The minimum atomic E-state index is -0.622. The molecule has 2 N–H and O–H groups in total. The molecule has 0 aromatic heterocycles. The summed E-state index contributed by atoms with van der Waals surface area (Å²) < 4.78 is 10.8. The van der Waals surface area contributed by atoms with E-state index in [1.807, 2.05) is 4.90 Å². The largest absolute Gasteiger partial charge is 0.456 e. The minimum Gasteiger partial charge on any atom is -0.456 e. The third-order valence-corrected chi connectivity index (χ3v) is 6.38. The highest BCUT2D eigenvalue weighted by atomic mass is 32.2. The molecule has 1 amide bonds. The van der Waals surface area contributed by atoms with Crippen LogP contribution in [0.5, 0.6) is 0 Å². The predicted molar refractivity (Wildman–Crippen MR) is 103 cm³/mol. The van der Waals surface area contributed by atoms with Gasteiger partial charge in [-0.1, -0.05) is 0 Å². The predicted octanol–water partition coefficient (Wildman–Crippen LogP) is 0.424. The molecule has 10 nitrogen and oxygen atoms in total. The molecule has 4 rings (SSSR count). The highest BCUT2D eigenvalue weighted by Gasteiger charge is 2.52. The number of nitrogens with zero attached hydrogens (tertiary/aromatic N) is 3. The van der Waals surface area contributed by atoms with Crippen molar-refractivity contribution in [2.24, 2.45) is 5.73 Å². The van der Waals surface area contributed by atoms with Crippen molar-refractivity contribution in [2.45, 2.75) is 18.0 Å². The first-order valence-corrected chi connectivity index (χ1v) is 10.2. The van der Waals surface area contributed by atoms with Crippen molar-refractivity contribution in [3.05, 3.63) is 51.3 Å². The first-order chi connectivity index (χ1) is 14.0. The van der Waals surface area contributed by atoms with Crippen LogP contribution in [0.4, 0.5) is 5.69 Å². The molecule has 0 aliphatic carbocycles. The van der Waals surface area contributed by atoms with Gasteiger partial charge in [-0.3, -0.25) is 19.8 Å². The molecule has 0 spiro atoms. The number of β-lactam (4-membered cyclic amide) rings is 1. The molecule has 0 saturated carbocycles. The SMILES string of the molecule is NC1C(=O)N2C(C(=O)OCc3ccc([N+](=O)[O-])cc3)=C(N3CCOCC3)CS[C@@H]12. The standard InChI is InChI=1S/C18H20N4O6S/c19-14-16(23)21-15(13(10-29-17(14)21)20-5-7-27-8-6-20)18(24)28-9-11-1-3-12(4-2-11)22(25)26/h1-4,14,17H,5-10,19H2/t14?,17-/m0/s1. The first-order valence-electron chi connectivity index (χ1n) is 9.14. The summed E-state index contributed by atoms with van der Waals surface area (Å²) in [5.41, 5.74) is 7.46. The van der Waals surface area contributed by atoms with Crippen LogP contribution in [-0.2, 0) is 25.7 Å². The van der Waals surface area contributed by atoms with Crippen molar-refractivity contribution in [3.63, 3.8) is 0 Å². The highest BCUT2D eigenvalue weighted by molar-refractivity contribution is 8.00. The Bertz CT molecular complexity index is 868. The average Bonchev–Trinajstić information content (AvgIpc) is 2.76. The lowest BCUT2D eigenvalue weighted by Gasteiger charge is -2.49. The Kier molecular flexibility index (Phi) is 5.43. The van der Waals surface area contributed by atoms with Crippen LogP contribution in [0, 0.1) is 10.1 Å². The molecule has 29 heavy (non-hydrogen) atoms. The lowest BCUT2D eigenvalue weighted by atomic mass is 10.1. The van der Waals surface area contributed by atoms with E-state index in [1.165, 1.54) is 40.9 Å². The molecule has 2 saturated heterocycles. The van der Waals surface area contributed by atoms with Gasteiger partial charge < -0.3 is 20.1 Å². The molecule has 2 atom stereocenters. The van der Waals surface area contributed by atoms with Gasteiger partial charge in [0.2, 0.25) is 5.91 Å². The Morgan fingerprint density at radius 3 is 2.66 bits per heavy atom. The summed E-state index contributed by atoms with van der Waals surface area (Å²) in [6.45, 7) is 2.32. The molecular weight excluding hydrogens is 400 g/mol. The zero-order valence-electron chi connectivity index (χ0n) is 15.5. The third kappa shape index (κ3) is 3.68. The third-order valence-electron chi connectivity index (χ3n) is 5.09. The van der Waals surface area contributed by atoms with E-state index in [4.69, 9.17) is 15.2 Å². The van der Waals surface area contributed by atoms with Crippen molar-refractivity contribution in [1.82, 2.24) is 9.80 Å². The number of non-ortho nitro benzene ring substituents is 1. The molecule has 154 valence electrons. The quantitative estimate of drug-likeness (QED) is 0.312. The summed E-state index contributed by atoms with van der Waals surface area (Å²) in [5.74, 6) is -0.338. The van der Waals surface area contributed by atoms with Gasteiger partial charge in [-0.15, -0.1) is 11.8 Å². The first kappa shape index (κ1) is 19.7. The number of carbonyl (C=O) groups excluding carboxylic acids is 2. The monoisotopic (exact) mass is 420 g/mol. The van der Waals surface area contributed by atoms with Gasteiger partial charge in [-0.2, -0.15) is 0 Å². The molecule has 0 bridgehead atoms. The number of fused-ring (bicyclic) bond motifs is 1. The van der Waals surface area contributed by atoms with Crippen molar-refractivity contribution in [2.75, 3.05) is 32.1 Å². The lowest BCUT2D eigenvalue weighted by molar-refractivity contribution is -0.384. The fourth-order valence-electron chi connectivity index (χ4n) is 3.50. The van der Waals surface area contributed by atoms with Crippen LogP contribution in [0.25, 0.3) is 0 Å². The summed E-state index contributed by atoms with van der Waals surface area (Å²) in [6, 6.07) is 5.16. The van der Waals surface area contributed by atoms with E-state index in [-0.39, 0.29) is 29.3 Å². The van der Waals surface area contributed by atoms with E-state index in [1.54, 1.807) is 0 Å². The fourth-order valence-corrected chi connectivity index (χ4v) is 4.83. The second-order valence-electron chi connectivity index (χ2n) is 6.83. The fraction of sp³-hybridized carbons (Fsp3) is 0.444. The number of carbonyl (C=O) groups is 2. The van der Waals surface area contributed by atoms with E-state index in [0.717, 1.165) is 5.70 Å². The van der Waals surface area contributed by atoms with Gasteiger partial charge in [0.25, 0.3) is 5.69 Å². The van der Waals surface area contributed by atoms with Gasteiger partial charge in [0.05, 0.1) is 23.8 Å². The number of esters is 1. The summed E-state index contributed by atoms with van der Waals surface area (Å²) >= 11 is 1.53. The molecule has 0 radical (unpaired) electrons. The van der Waals surface area contributed by atoms with Crippen LogP contribution in [0.2, 0.25) is 0 Å². The second-order valence-corrected chi connectivity index (χ2v) is 7.93. The minimum absolute atomic E-state index is 0.0373. The van der Waals surface area contributed by atoms with Crippen molar-refractivity contribution >= 4 is 29.3 Å². The zero-order valence-corrected chi connectivity index (χ0v) is 16.3. The molecule has 11 heteroatoms. The average molecular weight is 420 g/mol. The van der Waals surface area contributed by atoms with Crippen molar-refractivity contribution < 1.29 is 24.0 Å². The van der Waals surface area contributed by atoms with Gasteiger partial charge in [0.1, 0.15) is 18.0 Å². The normalized spacial score (nSPS) is 24.1. The van der Waals surface area contributed by atoms with E-state index in [0.29, 0.717) is 37.6 Å². The zero-order chi connectivity index (χ0) is 20.5. The van der Waals surface area contributed by atoms with Crippen LogP contribution in [0.3, 0.4) is 0 Å². The molecule has 1 unspecified atom stereocenters. The Morgan fingerprint density at radius 1 is 1.31 bits per heavy atom. The maximum absolute atomic E-state index is 13.0. The number of morpholine rings is 1. The van der Waals surface area contributed by atoms with Crippen LogP contribution in [0.15, 0.2) is 35.7 Å². The van der Waals surface area contributed by atoms with E-state index in [9.17, 15) is 19.7 Å². The Hall–Kier alpha value is -2.63. The number of benzene rings is 1. The number of thioether (sulfide) groups is 1. The molecule has 3 aliphatic heterocycles. The Balaban J connectivity index is 1.54. The molecule has 1 aromatic rings. The lowest BCUT2D eigenvalue weighted by Crippen LogP contribution is -2.69. The Labute approximate surface area is 170 Å². The van der Waals surface area contributed by atoms with Crippen LogP contribution in [-0.4, -0.2) is 70.1 Å². The molecule has 1 aromatic carbocycles. The van der Waals surface area contributed by atoms with Crippen molar-refractivity contribution in [1.29, 1.82) is 0 Å². The molecular formula is C18H20N4O6S. The number of rotatable bonds is 5. The summed E-state index contributed by atoms with van der Waals surface area (Å²) in [7, 11) is 0. The van der Waals surface area contributed by atoms with Crippen LogP contribution >= 0.6 is 11.8 Å². The van der Waals surface area contributed by atoms with Crippen molar-refractivity contribution in [3.8, 4) is 0 Å². The molecule has 2 fully saturated rings. The topological polar surface area (TPSA) is 128 Å². The van der Waals surface area contributed by atoms with E-state index in [2.05, 4.69) is 0 Å². The van der Waals surface area contributed by atoms with Crippen LogP contribution < -0.4 is 5.73 Å². The van der Waals surface area contributed by atoms with E-state index >= 15 is 0 Å². The smallest absolute Gasteiger partial charge is 0.357 e. The number of nitrogens with two attached hydrogens (primary N) is 1. The van der Waals surface area contributed by atoms with Gasteiger partial charge in [-0.25, -0.2) is 4.79 Å².